The number of pyridine rings is 1. The SMILES string of the molecule is COc1ccc(-c2c(C(N)=O)c(N)n(Cc3nc4ccccc4[nH]3)c(=O)c2C#N)c(OC)c1. The summed E-state index contributed by atoms with van der Waals surface area (Å²) in [6.07, 6.45) is 0. The number of para-hydroxylation sites is 2. The number of anilines is 1. The first-order valence-corrected chi connectivity index (χ1v) is 9.81. The van der Waals surface area contributed by atoms with Crippen molar-refractivity contribution < 1.29 is 14.3 Å². The third kappa shape index (κ3) is 3.61. The predicted molar refractivity (Wildman–Crippen MR) is 122 cm³/mol. The Kier molecular flexibility index (Phi) is 5.46. The highest BCUT2D eigenvalue weighted by atomic mass is 16.5. The van der Waals surface area contributed by atoms with Gasteiger partial charge in [-0.3, -0.25) is 14.2 Å². The lowest BCUT2D eigenvalue weighted by atomic mass is 9.94. The molecule has 166 valence electrons. The molecule has 0 bridgehead atoms. The fourth-order valence-electron chi connectivity index (χ4n) is 3.75. The normalized spacial score (nSPS) is 10.7. The minimum absolute atomic E-state index is 0.00728. The number of carbonyl (C=O) groups is 1. The summed E-state index contributed by atoms with van der Waals surface area (Å²) in [6.45, 7) is -0.0890. The van der Waals surface area contributed by atoms with E-state index in [2.05, 4.69) is 9.97 Å². The number of carbonyl (C=O) groups excluding carboxylic acids is 1. The zero-order chi connectivity index (χ0) is 23.7. The zero-order valence-electron chi connectivity index (χ0n) is 17.9. The Labute approximate surface area is 188 Å². The fraction of sp³-hybridized carbons (Fsp3) is 0.130. The molecule has 10 heteroatoms. The number of hydrogen-bond donors (Lipinski definition) is 3. The monoisotopic (exact) mass is 444 g/mol. The number of hydrogen-bond acceptors (Lipinski definition) is 7. The number of nitrogens with two attached hydrogens (primary N) is 2. The Bertz CT molecular complexity index is 1460. The molecule has 0 unspecified atom stereocenters. The van der Waals surface area contributed by atoms with Crippen LogP contribution in [-0.4, -0.2) is 34.7 Å². The first-order chi connectivity index (χ1) is 15.9. The van der Waals surface area contributed by atoms with E-state index in [1.54, 1.807) is 18.2 Å². The summed E-state index contributed by atoms with van der Waals surface area (Å²) in [7, 11) is 2.90. The van der Waals surface area contributed by atoms with E-state index in [9.17, 15) is 14.9 Å². The summed E-state index contributed by atoms with van der Waals surface area (Å²) in [6, 6.07) is 14.0. The van der Waals surface area contributed by atoms with Gasteiger partial charge in [-0.05, 0) is 24.3 Å². The molecule has 0 fully saturated rings. The summed E-state index contributed by atoms with van der Waals surface area (Å²) >= 11 is 0. The molecule has 0 saturated heterocycles. The molecule has 4 aromatic rings. The number of rotatable bonds is 6. The van der Waals surface area contributed by atoms with Crippen LogP contribution >= 0.6 is 0 Å². The van der Waals surface area contributed by atoms with Crippen LogP contribution in [0.4, 0.5) is 5.82 Å². The van der Waals surface area contributed by atoms with Gasteiger partial charge in [-0.25, -0.2) is 4.98 Å². The van der Waals surface area contributed by atoms with Gasteiger partial charge in [0.2, 0.25) is 0 Å². The maximum Gasteiger partial charge on any atom is 0.271 e. The quantitative estimate of drug-likeness (QED) is 0.409. The second-order valence-electron chi connectivity index (χ2n) is 7.14. The molecule has 0 aliphatic rings. The number of fused-ring (bicyclic) bond motifs is 1. The number of benzene rings is 2. The van der Waals surface area contributed by atoms with E-state index in [0.717, 1.165) is 10.1 Å². The standard InChI is InChI=1S/C23H20N6O4/c1-32-12-7-8-13(17(9-12)33-2)19-14(10-24)23(31)29(21(25)20(19)22(26)30)11-18-27-15-5-3-4-6-16(15)28-18/h3-9H,11,25H2,1-2H3,(H2,26,30)(H,27,28). The highest BCUT2D eigenvalue weighted by molar-refractivity contribution is 6.06. The number of aromatic nitrogens is 3. The van der Waals surface area contributed by atoms with Gasteiger partial charge in [0.1, 0.15) is 34.8 Å². The molecule has 0 saturated carbocycles. The Morgan fingerprint density at radius 3 is 2.61 bits per heavy atom. The molecule has 2 aromatic heterocycles. The molecular weight excluding hydrogens is 424 g/mol. The van der Waals surface area contributed by atoms with Crippen molar-refractivity contribution in [2.45, 2.75) is 6.54 Å². The van der Waals surface area contributed by atoms with Gasteiger partial charge in [0.25, 0.3) is 11.5 Å². The highest BCUT2D eigenvalue weighted by Crippen LogP contribution is 2.38. The van der Waals surface area contributed by atoms with Crippen molar-refractivity contribution >= 4 is 22.8 Å². The van der Waals surface area contributed by atoms with Gasteiger partial charge in [0.05, 0.1) is 37.4 Å². The molecule has 2 heterocycles. The minimum atomic E-state index is -0.893. The summed E-state index contributed by atoms with van der Waals surface area (Å²) in [5.74, 6) is 0.122. The lowest BCUT2D eigenvalue weighted by Crippen LogP contribution is -2.31. The van der Waals surface area contributed by atoms with Gasteiger partial charge in [-0.1, -0.05) is 12.1 Å². The molecule has 0 atom stereocenters. The number of primary amides is 1. The summed E-state index contributed by atoms with van der Waals surface area (Å²) in [5, 5.41) is 9.88. The molecule has 0 spiro atoms. The van der Waals surface area contributed by atoms with Crippen LogP contribution in [0.5, 0.6) is 11.5 Å². The van der Waals surface area contributed by atoms with Crippen molar-refractivity contribution in [3.63, 3.8) is 0 Å². The summed E-state index contributed by atoms with van der Waals surface area (Å²) in [5.41, 5.74) is 12.6. The number of imidazole rings is 1. The van der Waals surface area contributed by atoms with Crippen molar-refractivity contribution in [2.24, 2.45) is 5.73 Å². The zero-order valence-corrected chi connectivity index (χ0v) is 17.9. The van der Waals surface area contributed by atoms with E-state index >= 15 is 0 Å². The number of nitrogen functional groups attached to an aromatic ring is 1. The van der Waals surface area contributed by atoms with Gasteiger partial charge in [-0.2, -0.15) is 5.26 Å². The maximum atomic E-state index is 13.3. The van der Waals surface area contributed by atoms with Gasteiger partial charge >= 0.3 is 0 Å². The van der Waals surface area contributed by atoms with Crippen LogP contribution in [0, 0.1) is 11.3 Å². The number of aromatic amines is 1. The van der Waals surface area contributed by atoms with Crippen LogP contribution in [0.1, 0.15) is 21.7 Å². The van der Waals surface area contributed by atoms with Crippen LogP contribution in [0.2, 0.25) is 0 Å². The van der Waals surface area contributed by atoms with Crippen molar-refractivity contribution in [3.8, 4) is 28.7 Å². The van der Waals surface area contributed by atoms with Crippen LogP contribution in [0.15, 0.2) is 47.3 Å². The number of methoxy groups -OCH3 is 2. The van der Waals surface area contributed by atoms with E-state index in [-0.39, 0.29) is 34.8 Å². The Hall–Kier alpha value is -4.78. The number of ether oxygens (including phenoxy) is 2. The van der Waals surface area contributed by atoms with Crippen LogP contribution in [0.3, 0.4) is 0 Å². The number of nitrogens with zero attached hydrogens (tertiary/aromatic N) is 3. The molecule has 0 radical (unpaired) electrons. The predicted octanol–water partition coefficient (Wildman–Crippen LogP) is 2.01. The second-order valence-corrected chi connectivity index (χ2v) is 7.14. The molecule has 2 aromatic carbocycles. The van der Waals surface area contributed by atoms with Gasteiger partial charge in [0.15, 0.2) is 0 Å². The third-order valence-corrected chi connectivity index (χ3v) is 5.29. The summed E-state index contributed by atoms with van der Waals surface area (Å²) < 4.78 is 11.7. The average Bonchev–Trinajstić information content (AvgIpc) is 3.23. The molecule has 4 rings (SSSR count). The maximum absolute atomic E-state index is 13.3. The Morgan fingerprint density at radius 1 is 1.21 bits per heavy atom. The van der Waals surface area contributed by atoms with Crippen molar-refractivity contribution in [3.05, 3.63) is 69.8 Å². The molecule has 0 aliphatic heterocycles. The van der Waals surface area contributed by atoms with E-state index in [0.29, 0.717) is 22.7 Å². The lowest BCUT2D eigenvalue weighted by Gasteiger charge is -2.18. The molecule has 5 N–H and O–H groups in total. The van der Waals surface area contributed by atoms with E-state index in [1.165, 1.54) is 14.2 Å². The molecular formula is C23H20N6O4. The van der Waals surface area contributed by atoms with Crippen molar-refractivity contribution in [1.29, 1.82) is 5.26 Å². The molecule has 1 amide bonds. The molecule has 10 nitrogen and oxygen atoms in total. The minimum Gasteiger partial charge on any atom is -0.497 e. The van der Waals surface area contributed by atoms with E-state index < -0.39 is 11.5 Å². The summed E-state index contributed by atoms with van der Waals surface area (Å²) in [4.78, 5) is 33.4. The lowest BCUT2D eigenvalue weighted by molar-refractivity contribution is 0.100. The first-order valence-electron chi connectivity index (χ1n) is 9.81. The van der Waals surface area contributed by atoms with Crippen LogP contribution in [0.25, 0.3) is 22.2 Å². The number of H-pyrrole nitrogens is 1. The Balaban J connectivity index is 1.98. The second kappa shape index (κ2) is 8.39. The van der Waals surface area contributed by atoms with Crippen LogP contribution in [-0.2, 0) is 6.54 Å². The average molecular weight is 444 g/mol. The van der Waals surface area contributed by atoms with Gasteiger partial charge in [-0.15, -0.1) is 0 Å². The first kappa shape index (κ1) is 21.5. The smallest absolute Gasteiger partial charge is 0.271 e. The number of amides is 1. The van der Waals surface area contributed by atoms with Crippen molar-refractivity contribution in [2.75, 3.05) is 20.0 Å². The van der Waals surface area contributed by atoms with E-state index in [1.807, 2.05) is 30.3 Å². The van der Waals surface area contributed by atoms with Gasteiger partial charge in [0, 0.05) is 17.2 Å². The highest BCUT2D eigenvalue weighted by Gasteiger charge is 2.27. The molecule has 0 aliphatic carbocycles. The fourth-order valence-corrected chi connectivity index (χ4v) is 3.75. The Morgan fingerprint density at radius 2 is 1.97 bits per heavy atom. The molecule has 33 heavy (non-hydrogen) atoms. The largest absolute Gasteiger partial charge is 0.497 e. The van der Waals surface area contributed by atoms with Crippen LogP contribution < -0.4 is 26.5 Å². The van der Waals surface area contributed by atoms with Crippen molar-refractivity contribution in [1.82, 2.24) is 14.5 Å². The van der Waals surface area contributed by atoms with Gasteiger partial charge < -0.3 is 25.9 Å². The topological polar surface area (TPSA) is 162 Å². The number of nitrogens with one attached hydrogen (secondary N) is 1. The third-order valence-electron chi connectivity index (χ3n) is 5.29. The van der Waals surface area contributed by atoms with E-state index in [4.69, 9.17) is 20.9 Å². The number of nitriles is 1.